The summed E-state index contributed by atoms with van der Waals surface area (Å²) in [5, 5.41) is 3.23. The van der Waals surface area contributed by atoms with E-state index in [1.807, 2.05) is 13.8 Å². The fraction of sp³-hybridized carbons (Fsp3) is 0.600. The minimum Gasteiger partial charge on any atom is -0.496 e. The molecule has 0 amide bonds. The molecule has 2 rings (SSSR count). The number of ether oxygens (including phenoxy) is 1. The lowest BCUT2D eigenvalue weighted by Gasteiger charge is -2.30. The summed E-state index contributed by atoms with van der Waals surface area (Å²) in [7, 11) is -1.91. The molecule has 22 heavy (non-hydrogen) atoms. The van der Waals surface area contributed by atoms with E-state index in [-0.39, 0.29) is 18.4 Å². The van der Waals surface area contributed by atoms with Gasteiger partial charge in [0.2, 0.25) is 10.0 Å². The minimum absolute atomic E-state index is 0. The van der Waals surface area contributed by atoms with Crippen molar-refractivity contribution in [3.05, 3.63) is 23.3 Å². The van der Waals surface area contributed by atoms with Crippen molar-refractivity contribution in [2.24, 2.45) is 5.92 Å². The van der Waals surface area contributed by atoms with Crippen molar-refractivity contribution in [3.63, 3.8) is 0 Å². The van der Waals surface area contributed by atoms with Gasteiger partial charge in [0.15, 0.2) is 0 Å². The SMILES string of the molecule is COc1c(C)cc(S(=O)(=O)NC2CNCCC2C)cc1C.Cl. The molecule has 5 nitrogen and oxygen atoms in total. The molecule has 0 aromatic heterocycles. The molecule has 0 bridgehead atoms. The first kappa shape index (κ1) is 19.2. The van der Waals surface area contributed by atoms with E-state index in [9.17, 15) is 8.42 Å². The zero-order valence-electron chi connectivity index (χ0n) is 13.5. The van der Waals surface area contributed by atoms with Crippen LogP contribution in [0.3, 0.4) is 0 Å². The summed E-state index contributed by atoms with van der Waals surface area (Å²) in [4.78, 5) is 0.302. The molecular formula is C15H25ClN2O3S. The number of piperidine rings is 1. The van der Waals surface area contributed by atoms with Gasteiger partial charge in [0.05, 0.1) is 12.0 Å². The van der Waals surface area contributed by atoms with Crippen molar-refractivity contribution >= 4 is 22.4 Å². The first-order valence-electron chi connectivity index (χ1n) is 7.23. The average Bonchev–Trinajstić information content (AvgIpc) is 2.41. The van der Waals surface area contributed by atoms with E-state index in [0.717, 1.165) is 29.8 Å². The molecule has 1 heterocycles. The Bertz CT molecular complexity index is 596. The van der Waals surface area contributed by atoms with Crippen LogP contribution in [-0.4, -0.2) is 34.7 Å². The van der Waals surface area contributed by atoms with E-state index in [4.69, 9.17) is 4.74 Å². The van der Waals surface area contributed by atoms with Gasteiger partial charge in [-0.25, -0.2) is 13.1 Å². The Balaban J connectivity index is 0.00000242. The topological polar surface area (TPSA) is 67.4 Å². The standard InChI is InChI=1S/C15H24N2O3S.ClH/c1-10-5-6-16-9-14(10)17-21(18,19)13-7-11(2)15(20-4)12(3)8-13;/h7-8,10,14,16-17H,5-6,9H2,1-4H3;1H. The highest BCUT2D eigenvalue weighted by Gasteiger charge is 2.27. The molecule has 1 fully saturated rings. The van der Waals surface area contributed by atoms with Crippen molar-refractivity contribution in [2.75, 3.05) is 20.2 Å². The molecule has 1 aliphatic rings. The number of hydrogen-bond donors (Lipinski definition) is 2. The van der Waals surface area contributed by atoms with Crippen LogP contribution in [0.2, 0.25) is 0 Å². The Kier molecular flexibility index (Phi) is 6.67. The van der Waals surface area contributed by atoms with Crippen LogP contribution < -0.4 is 14.8 Å². The molecule has 0 saturated carbocycles. The normalized spacial score (nSPS) is 22.0. The van der Waals surface area contributed by atoms with E-state index >= 15 is 0 Å². The maximum absolute atomic E-state index is 12.6. The van der Waals surface area contributed by atoms with Crippen LogP contribution in [0, 0.1) is 19.8 Å². The maximum Gasteiger partial charge on any atom is 0.240 e. The Morgan fingerprint density at radius 3 is 2.36 bits per heavy atom. The van der Waals surface area contributed by atoms with Crippen molar-refractivity contribution in [1.29, 1.82) is 0 Å². The second-order valence-electron chi connectivity index (χ2n) is 5.79. The molecular weight excluding hydrogens is 324 g/mol. The lowest BCUT2D eigenvalue weighted by atomic mass is 9.96. The molecule has 1 saturated heterocycles. The Morgan fingerprint density at radius 1 is 1.27 bits per heavy atom. The fourth-order valence-electron chi connectivity index (χ4n) is 2.80. The molecule has 1 aromatic carbocycles. The van der Waals surface area contributed by atoms with Crippen molar-refractivity contribution < 1.29 is 13.2 Å². The van der Waals surface area contributed by atoms with E-state index in [1.165, 1.54) is 0 Å². The Labute approximate surface area is 139 Å². The lowest BCUT2D eigenvalue weighted by Crippen LogP contribution is -2.50. The van der Waals surface area contributed by atoms with Crippen molar-refractivity contribution in [2.45, 2.75) is 38.1 Å². The van der Waals surface area contributed by atoms with E-state index in [1.54, 1.807) is 19.2 Å². The number of halogens is 1. The maximum atomic E-state index is 12.6. The molecule has 7 heteroatoms. The summed E-state index contributed by atoms with van der Waals surface area (Å²) in [6.45, 7) is 7.42. The highest BCUT2D eigenvalue weighted by atomic mass is 35.5. The Hall–Kier alpha value is -0.820. The van der Waals surface area contributed by atoms with Gasteiger partial charge in [-0.15, -0.1) is 12.4 Å². The number of rotatable bonds is 4. The fourth-order valence-corrected chi connectivity index (χ4v) is 4.32. The molecule has 2 unspecified atom stereocenters. The quantitative estimate of drug-likeness (QED) is 0.873. The van der Waals surface area contributed by atoms with E-state index < -0.39 is 10.0 Å². The van der Waals surface area contributed by atoms with Gasteiger partial charge in [0, 0.05) is 12.6 Å². The molecule has 0 aliphatic carbocycles. The molecule has 0 spiro atoms. The number of methoxy groups -OCH3 is 1. The summed E-state index contributed by atoms with van der Waals surface area (Å²) in [6, 6.07) is 3.26. The molecule has 2 N–H and O–H groups in total. The highest BCUT2D eigenvalue weighted by molar-refractivity contribution is 7.89. The summed E-state index contributed by atoms with van der Waals surface area (Å²) < 4.78 is 33.2. The van der Waals surface area contributed by atoms with Gasteiger partial charge in [-0.1, -0.05) is 6.92 Å². The summed E-state index contributed by atoms with van der Waals surface area (Å²) >= 11 is 0. The van der Waals surface area contributed by atoms with Crippen LogP contribution in [-0.2, 0) is 10.0 Å². The van der Waals surface area contributed by atoms with Gasteiger partial charge in [-0.3, -0.25) is 0 Å². The highest BCUT2D eigenvalue weighted by Crippen LogP contribution is 2.27. The monoisotopic (exact) mass is 348 g/mol. The van der Waals surface area contributed by atoms with Crippen LogP contribution in [0.5, 0.6) is 5.75 Å². The summed E-state index contributed by atoms with van der Waals surface area (Å²) in [5.74, 6) is 1.07. The van der Waals surface area contributed by atoms with Crippen molar-refractivity contribution in [3.8, 4) is 5.75 Å². The van der Waals surface area contributed by atoms with Crippen LogP contribution in [0.15, 0.2) is 17.0 Å². The molecule has 1 aromatic rings. The molecule has 126 valence electrons. The average molecular weight is 349 g/mol. The number of benzene rings is 1. The van der Waals surface area contributed by atoms with Gasteiger partial charge in [0.1, 0.15) is 5.75 Å². The van der Waals surface area contributed by atoms with Gasteiger partial charge >= 0.3 is 0 Å². The largest absolute Gasteiger partial charge is 0.496 e. The van der Waals surface area contributed by atoms with Crippen molar-refractivity contribution in [1.82, 2.24) is 10.0 Å². The zero-order chi connectivity index (χ0) is 15.6. The van der Waals surface area contributed by atoms with Crippen LogP contribution >= 0.6 is 12.4 Å². The minimum atomic E-state index is -3.51. The van der Waals surface area contributed by atoms with Crippen LogP contribution in [0.25, 0.3) is 0 Å². The number of sulfonamides is 1. The third-order valence-corrected chi connectivity index (χ3v) is 5.55. The second-order valence-corrected chi connectivity index (χ2v) is 7.50. The second kappa shape index (κ2) is 7.64. The van der Waals surface area contributed by atoms with Gasteiger partial charge in [0.25, 0.3) is 0 Å². The summed E-state index contributed by atoms with van der Waals surface area (Å²) in [5.41, 5.74) is 1.65. The van der Waals surface area contributed by atoms with E-state index in [2.05, 4.69) is 17.0 Å². The number of nitrogens with one attached hydrogen (secondary N) is 2. The first-order chi connectivity index (χ1) is 9.85. The van der Waals surface area contributed by atoms with Gasteiger partial charge < -0.3 is 10.1 Å². The number of hydrogen-bond acceptors (Lipinski definition) is 4. The first-order valence-corrected chi connectivity index (χ1v) is 8.71. The van der Waals surface area contributed by atoms with Crippen LogP contribution in [0.1, 0.15) is 24.5 Å². The van der Waals surface area contributed by atoms with Gasteiger partial charge in [-0.05, 0) is 56.0 Å². The third-order valence-electron chi connectivity index (χ3n) is 4.08. The zero-order valence-corrected chi connectivity index (χ0v) is 15.1. The van der Waals surface area contributed by atoms with Gasteiger partial charge in [-0.2, -0.15) is 0 Å². The number of aryl methyl sites for hydroxylation is 2. The predicted octanol–water partition coefficient (Wildman–Crippen LogP) is 2.01. The predicted molar refractivity (Wildman–Crippen MR) is 90.5 cm³/mol. The summed E-state index contributed by atoms with van der Waals surface area (Å²) in [6.07, 6.45) is 0.980. The Morgan fingerprint density at radius 2 is 1.86 bits per heavy atom. The lowest BCUT2D eigenvalue weighted by molar-refractivity contribution is 0.327. The third kappa shape index (κ3) is 4.13. The smallest absolute Gasteiger partial charge is 0.240 e. The molecule has 2 atom stereocenters. The van der Waals surface area contributed by atoms with E-state index in [0.29, 0.717) is 17.4 Å². The molecule has 1 aliphatic heterocycles. The molecule has 0 radical (unpaired) electrons. The van der Waals surface area contributed by atoms with Crippen LogP contribution in [0.4, 0.5) is 0 Å².